The van der Waals surface area contributed by atoms with E-state index in [0.717, 1.165) is 0 Å². The van der Waals surface area contributed by atoms with Crippen molar-refractivity contribution in [2.24, 2.45) is 4.99 Å². The van der Waals surface area contributed by atoms with Crippen molar-refractivity contribution in [3.05, 3.63) is 26.3 Å². The highest BCUT2D eigenvalue weighted by atomic mass is 16.4. The number of rotatable bonds is 0. The third-order valence-electron chi connectivity index (χ3n) is 0. The average Bonchev–Trinajstić information content (AvgIpc) is 2.16. The highest BCUT2D eigenvalue weighted by molar-refractivity contribution is 5.22. The molecule has 0 fully saturated rings. The first-order valence-electron chi connectivity index (χ1n) is 3.58. The van der Waals surface area contributed by atoms with Gasteiger partial charge < -0.3 is 9.73 Å². The Labute approximate surface area is 86.0 Å². The summed E-state index contributed by atoms with van der Waals surface area (Å²) < 4.78 is 4.25. The molecule has 0 saturated heterocycles. The lowest BCUT2D eigenvalue weighted by atomic mass is 11.0. The van der Waals surface area contributed by atoms with Crippen molar-refractivity contribution in [1.29, 1.82) is 0 Å². The largest absolute Gasteiger partial charge is 0.388 e. The summed E-state index contributed by atoms with van der Waals surface area (Å²) in [5, 5.41) is 0. The van der Waals surface area contributed by atoms with Crippen molar-refractivity contribution in [1.82, 2.24) is 0 Å². The number of ether oxygens (including phenoxy) is 1. The molecule has 0 atom stereocenters. The predicted octanol–water partition coefficient (Wildman–Crippen LogP) is 3.85. The van der Waals surface area contributed by atoms with E-state index in [4.69, 9.17) is 0 Å². The van der Waals surface area contributed by atoms with E-state index >= 15 is 0 Å². The molecule has 84 valence electrons. The molecule has 0 unspecified atom stereocenters. The molecule has 2 nitrogen and oxygen atoms in total. The smallest absolute Gasteiger partial charge is 0.0351 e. The fraction of sp³-hybridized carbons (Fsp3) is 0.545. The molecule has 0 N–H and O–H groups in total. The van der Waals surface area contributed by atoms with Gasteiger partial charge in [0.1, 0.15) is 0 Å². The van der Waals surface area contributed by atoms with E-state index in [-0.39, 0.29) is 7.43 Å². The molecule has 0 aromatic rings. The minimum Gasteiger partial charge on any atom is -0.388 e. The highest BCUT2D eigenvalue weighted by Crippen LogP contribution is 1.28. The summed E-state index contributed by atoms with van der Waals surface area (Å²) in [6, 6.07) is 0. The van der Waals surface area contributed by atoms with Gasteiger partial charge in [-0.1, -0.05) is 21.3 Å². The van der Waals surface area contributed by atoms with E-state index in [1.54, 1.807) is 21.3 Å². The first-order valence-corrected chi connectivity index (χ1v) is 3.58. The van der Waals surface area contributed by atoms with Crippen LogP contribution in [-0.2, 0) is 4.74 Å². The number of hydrogen-bond donors (Lipinski definition) is 0. The fourth-order valence-corrected chi connectivity index (χ4v) is 0. The van der Waals surface area contributed by atoms with Gasteiger partial charge in [-0.15, -0.1) is 26.3 Å². The SMILES string of the molecule is C.C=C.C=C.C=NC.CC.COC. The Morgan fingerprint density at radius 3 is 0.923 bits per heavy atom. The van der Waals surface area contributed by atoms with Crippen molar-refractivity contribution in [3.8, 4) is 0 Å². The van der Waals surface area contributed by atoms with Crippen LogP contribution in [-0.4, -0.2) is 28.0 Å². The summed E-state index contributed by atoms with van der Waals surface area (Å²) in [4.78, 5) is 3.25. The molecular formula is C11H29NO. The second kappa shape index (κ2) is 922. The number of nitrogens with zero attached hydrogens (tertiary/aromatic N) is 1. The van der Waals surface area contributed by atoms with Gasteiger partial charge in [-0.25, -0.2) is 0 Å². The zero-order valence-electron chi connectivity index (χ0n) is 9.39. The predicted molar refractivity (Wildman–Crippen MR) is 69.0 cm³/mol. The van der Waals surface area contributed by atoms with Gasteiger partial charge in [0.15, 0.2) is 0 Å². The molecule has 0 aromatic heterocycles. The summed E-state index contributed by atoms with van der Waals surface area (Å²) in [5.41, 5.74) is 0. The lowest BCUT2D eigenvalue weighted by molar-refractivity contribution is 0.277. The zero-order chi connectivity index (χ0) is 11.4. The quantitative estimate of drug-likeness (QED) is 0.421. The van der Waals surface area contributed by atoms with E-state index in [1.165, 1.54) is 0 Å². The normalized spacial score (nSPS) is 3.46. The minimum absolute atomic E-state index is 0. The Hall–Kier alpha value is -0.890. The van der Waals surface area contributed by atoms with Gasteiger partial charge in [0.25, 0.3) is 0 Å². The van der Waals surface area contributed by atoms with Crippen LogP contribution in [0.1, 0.15) is 21.3 Å². The van der Waals surface area contributed by atoms with Crippen LogP contribution < -0.4 is 0 Å². The molecule has 2 heteroatoms. The maximum atomic E-state index is 4.25. The van der Waals surface area contributed by atoms with Gasteiger partial charge >= 0.3 is 0 Å². The standard InChI is InChI=1S/C2H5N.C2H6O.C2H6.2C2H4.CH4/c2*1-3-2;3*1-2;/h1H2,2H3;1-2H3;1-2H3;2*1-2H2;1H4. The zero-order valence-corrected chi connectivity index (χ0v) is 9.39. The molecule has 0 amide bonds. The van der Waals surface area contributed by atoms with E-state index in [2.05, 4.69) is 42.8 Å². The second-order valence-corrected chi connectivity index (χ2v) is 0.724. The third kappa shape index (κ3) is 1160. The van der Waals surface area contributed by atoms with E-state index < -0.39 is 0 Å². The van der Waals surface area contributed by atoms with Crippen LogP contribution in [0.15, 0.2) is 31.3 Å². The minimum atomic E-state index is 0. The molecule has 0 aliphatic heterocycles. The molecule has 0 saturated carbocycles. The van der Waals surface area contributed by atoms with Crippen LogP contribution in [0.25, 0.3) is 0 Å². The van der Waals surface area contributed by atoms with Crippen molar-refractivity contribution >= 4 is 6.72 Å². The Morgan fingerprint density at radius 1 is 0.923 bits per heavy atom. The van der Waals surface area contributed by atoms with Crippen molar-refractivity contribution in [2.75, 3.05) is 21.3 Å². The maximum absolute atomic E-state index is 4.25. The summed E-state index contributed by atoms with van der Waals surface area (Å²) in [6.45, 7) is 19.1. The molecule has 13 heavy (non-hydrogen) atoms. The van der Waals surface area contributed by atoms with E-state index in [9.17, 15) is 0 Å². The van der Waals surface area contributed by atoms with Crippen molar-refractivity contribution in [3.63, 3.8) is 0 Å². The molecule has 0 rings (SSSR count). The van der Waals surface area contributed by atoms with Crippen LogP contribution >= 0.6 is 0 Å². The first-order chi connectivity index (χ1) is 5.83. The molecule has 0 spiro atoms. The third-order valence-corrected chi connectivity index (χ3v) is 0. The topological polar surface area (TPSA) is 21.6 Å². The number of hydrogen-bond acceptors (Lipinski definition) is 2. The van der Waals surface area contributed by atoms with Crippen LogP contribution in [0.2, 0.25) is 0 Å². The van der Waals surface area contributed by atoms with Crippen LogP contribution in [0.5, 0.6) is 0 Å². The summed E-state index contributed by atoms with van der Waals surface area (Å²) in [6.07, 6.45) is 0. The molecule has 0 heterocycles. The number of aliphatic imine (C=N–C) groups is 1. The lowest BCUT2D eigenvalue weighted by Gasteiger charge is -1.61. The lowest BCUT2D eigenvalue weighted by Crippen LogP contribution is -1.55. The van der Waals surface area contributed by atoms with Gasteiger partial charge in [-0.2, -0.15) is 0 Å². The Balaban J connectivity index is -0.0000000118. The molecule has 0 aliphatic rings. The molecule has 0 radical (unpaired) electrons. The van der Waals surface area contributed by atoms with Crippen LogP contribution in [0.4, 0.5) is 0 Å². The van der Waals surface area contributed by atoms with Gasteiger partial charge in [0.05, 0.1) is 0 Å². The molecular weight excluding hydrogens is 162 g/mol. The van der Waals surface area contributed by atoms with E-state index in [0.29, 0.717) is 0 Å². The monoisotopic (exact) mass is 191 g/mol. The van der Waals surface area contributed by atoms with Gasteiger partial charge in [0.2, 0.25) is 0 Å². The molecule has 0 bridgehead atoms. The second-order valence-electron chi connectivity index (χ2n) is 0.724. The molecule has 0 aliphatic carbocycles. The Kier molecular flexibility index (Phi) is 2840. The van der Waals surface area contributed by atoms with Crippen molar-refractivity contribution in [2.45, 2.75) is 21.3 Å². The summed E-state index contributed by atoms with van der Waals surface area (Å²) in [7, 11) is 4.89. The first kappa shape index (κ1) is 40.0. The van der Waals surface area contributed by atoms with Crippen molar-refractivity contribution < 1.29 is 4.74 Å². The van der Waals surface area contributed by atoms with Gasteiger partial charge in [-0.3, -0.25) is 0 Å². The highest BCUT2D eigenvalue weighted by Gasteiger charge is 1.25. The average molecular weight is 191 g/mol. The van der Waals surface area contributed by atoms with Gasteiger partial charge in [-0.05, 0) is 6.72 Å². The Bertz CT molecular complexity index is 37.1. The van der Waals surface area contributed by atoms with E-state index in [1.807, 2.05) is 13.8 Å². The molecule has 0 aromatic carbocycles. The summed E-state index contributed by atoms with van der Waals surface area (Å²) >= 11 is 0. The Morgan fingerprint density at radius 2 is 0.923 bits per heavy atom. The maximum Gasteiger partial charge on any atom is 0.0351 e. The number of methoxy groups -OCH3 is 1. The van der Waals surface area contributed by atoms with Crippen LogP contribution in [0, 0.1) is 0 Å². The van der Waals surface area contributed by atoms with Gasteiger partial charge in [0, 0.05) is 21.3 Å². The fourth-order valence-electron chi connectivity index (χ4n) is 0. The summed E-state index contributed by atoms with van der Waals surface area (Å²) in [5.74, 6) is 0. The van der Waals surface area contributed by atoms with Crippen LogP contribution in [0.3, 0.4) is 0 Å².